The van der Waals surface area contributed by atoms with Gasteiger partial charge in [0.1, 0.15) is 0 Å². The van der Waals surface area contributed by atoms with Crippen molar-refractivity contribution in [1.29, 1.82) is 0 Å². The number of rotatable bonds is 7. The lowest BCUT2D eigenvalue weighted by molar-refractivity contribution is 0.234. The Kier molecular flexibility index (Phi) is 6.31. The van der Waals surface area contributed by atoms with Gasteiger partial charge in [-0.2, -0.15) is 0 Å². The first kappa shape index (κ1) is 16.5. The summed E-state index contributed by atoms with van der Waals surface area (Å²) < 4.78 is 0. The zero-order valence-electron chi connectivity index (χ0n) is 12.6. The molecule has 1 unspecified atom stereocenters. The quantitative estimate of drug-likeness (QED) is 0.816. The maximum Gasteiger partial charge on any atom is 0.0453 e. The van der Waals surface area contributed by atoms with Crippen LogP contribution in [0.5, 0.6) is 0 Å². The first-order valence-corrected chi connectivity index (χ1v) is 7.40. The summed E-state index contributed by atoms with van der Waals surface area (Å²) in [6.45, 7) is 8.47. The zero-order chi connectivity index (χ0) is 14.5. The maximum atomic E-state index is 6.25. The largest absolute Gasteiger partial charge is 0.330 e. The molecule has 3 heteroatoms. The molecule has 0 saturated heterocycles. The fourth-order valence-electron chi connectivity index (χ4n) is 2.15. The maximum absolute atomic E-state index is 6.25. The smallest absolute Gasteiger partial charge is 0.0453 e. The second kappa shape index (κ2) is 7.28. The molecule has 1 aromatic carbocycles. The first-order chi connectivity index (χ1) is 8.87. The lowest BCUT2D eigenvalue weighted by atomic mass is 9.88. The molecule has 0 spiro atoms. The van der Waals surface area contributed by atoms with Gasteiger partial charge in [0.25, 0.3) is 0 Å². The lowest BCUT2D eigenvalue weighted by Gasteiger charge is -2.28. The summed E-state index contributed by atoms with van der Waals surface area (Å²) in [7, 11) is 2.16. The Labute approximate surface area is 122 Å². The monoisotopic (exact) mass is 282 g/mol. The molecule has 19 heavy (non-hydrogen) atoms. The van der Waals surface area contributed by atoms with Gasteiger partial charge in [0, 0.05) is 11.1 Å². The molecule has 0 aliphatic heterocycles. The van der Waals surface area contributed by atoms with Crippen molar-refractivity contribution >= 4 is 11.6 Å². The van der Waals surface area contributed by atoms with E-state index in [4.69, 9.17) is 17.3 Å². The van der Waals surface area contributed by atoms with Crippen molar-refractivity contribution in [3.05, 3.63) is 34.9 Å². The topological polar surface area (TPSA) is 29.3 Å². The van der Waals surface area contributed by atoms with E-state index in [0.717, 1.165) is 31.0 Å². The second-order valence-corrected chi connectivity index (χ2v) is 6.56. The molecule has 2 N–H and O–H groups in total. The summed E-state index contributed by atoms with van der Waals surface area (Å²) in [4.78, 5) is 2.35. The molecule has 0 aromatic heterocycles. The molecule has 0 bridgehead atoms. The van der Waals surface area contributed by atoms with Crippen LogP contribution in [0.25, 0.3) is 0 Å². The zero-order valence-corrected chi connectivity index (χ0v) is 13.4. The molecular weight excluding hydrogens is 256 g/mol. The summed E-state index contributed by atoms with van der Waals surface area (Å²) >= 11 is 6.25. The number of benzene rings is 1. The highest BCUT2D eigenvalue weighted by atomic mass is 35.5. The lowest BCUT2D eigenvalue weighted by Crippen LogP contribution is -2.27. The highest BCUT2D eigenvalue weighted by Crippen LogP contribution is 2.27. The second-order valence-electron chi connectivity index (χ2n) is 6.15. The van der Waals surface area contributed by atoms with Crippen LogP contribution in [0.2, 0.25) is 5.02 Å². The summed E-state index contributed by atoms with van der Waals surface area (Å²) in [5, 5.41) is 0.851. The van der Waals surface area contributed by atoms with E-state index in [-0.39, 0.29) is 5.41 Å². The molecular formula is C16H27ClN2. The van der Waals surface area contributed by atoms with Crippen molar-refractivity contribution in [2.75, 3.05) is 20.1 Å². The van der Waals surface area contributed by atoms with Gasteiger partial charge in [-0.15, -0.1) is 0 Å². The van der Waals surface area contributed by atoms with Gasteiger partial charge >= 0.3 is 0 Å². The molecule has 108 valence electrons. The van der Waals surface area contributed by atoms with Crippen LogP contribution in [-0.4, -0.2) is 25.0 Å². The number of hydrogen-bond donors (Lipinski definition) is 1. The molecule has 0 radical (unpaired) electrons. The Morgan fingerprint density at radius 3 is 2.53 bits per heavy atom. The van der Waals surface area contributed by atoms with Gasteiger partial charge in [-0.25, -0.2) is 0 Å². The molecule has 0 aliphatic carbocycles. The van der Waals surface area contributed by atoms with Crippen molar-refractivity contribution in [3.8, 4) is 0 Å². The van der Waals surface area contributed by atoms with Gasteiger partial charge in [0.15, 0.2) is 0 Å². The van der Waals surface area contributed by atoms with Crippen molar-refractivity contribution in [1.82, 2.24) is 4.90 Å². The van der Waals surface area contributed by atoms with Gasteiger partial charge in [-0.1, -0.05) is 43.6 Å². The van der Waals surface area contributed by atoms with Crippen LogP contribution in [0.1, 0.15) is 45.2 Å². The SMILES string of the molecule is CC(c1ccccc1Cl)N(C)CCCC(C)(C)CN. The van der Waals surface area contributed by atoms with E-state index in [0.29, 0.717) is 6.04 Å². The Balaban J connectivity index is 2.50. The Morgan fingerprint density at radius 1 is 1.32 bits per heavy atom. The van der Waals surface area contributed by atoms with E-state index in [1.807, 2.05) is 18.2 Å². The minimum Gasteiger partial charge on any atom is -0.330 e. The molecule has 0 saturated carbocycles. The van der Waals surface area contributed by atoms with Crippen molar-refractivity contribution in [2.45, 2.75) is 39.7 Å². The fraction of sp³-hybridized carbons (Fsp3) is 0.625. The Morgan fingerprint density at radius 2 is 1.95 bits per heavy atom. The van der Waals surface area contributed by atoms with Gasteiger partial charge in [-0.05, 0) is 56.9 Å². The predicted molar refractivity (Wildman–Crippen MR) is 84.6 cm³/mol. The van der Waals surface area contributed by atoms with Crippen molar-refractivity contribution < 1.29 is 0 Å². The highest BCUT2D eigenvalue weighted by Gasteiger charge is 2.17. The van der Waals surface area contributed by atoms with Crippen molar-refractivity contribution in [3.63, 3.8) is 0 Å². The number of nitrogens with zero attached hydrogens (tertiary/aromatic N) is 1. The van der Waals surface area contributed by atoms with E-state index < -0.39 is 0 Å². The predicted octanol–water partition coefficient (Wildman–Crippen LogP) is 4.10. The van der Waals surface area contributed by atoms with Gasteiger partial charge < -0.3 is 5.73 Å². The molecule has 2 nitrogen and oxygen atoms in total. The van der Waals surface area contributed by atoms with Crippen LogP contribution in [-0.2, 0) is 0 Å². The highest BCUT2D eigenvalue weighted by molar-refractivity contribution is 6.31. The molecule has 0 aliphatic rings. The van der Waals surface area contributed by atoms with E-state index >= 15 is 0 Å². The van der Waals surface area contributed by atoms with Crippen LogP contribution in [0.4, 0.5) is 0 Å². The summed E-state index contributed by atoms with van der Waals surface area (Å²) in [5.41, 5.74) is 7.21. The van der Waals surface area contributed by atoms with Crippen LogP contribution >= 0.6 is 11.6 Å². The third-order valence-corrected chi connectivity index (χ3v) is 4.28. The minimum absolute atomic E-state index is 0.245. The van der Waals surface area contributed by atoms with E-state index in [2.05, 4.69) is 38.8 Å². The average Bonchev–Trinajstić information content (AvgIpc) is 2.38. The number of halogens is 1. The molecule has 0 fully saturated rings. The molecule has 1 rings (SSSR count). The number of hydrogen-bond acceptors (Lipinski definition) is 2. The van der Waals surface area contributed by atoms with Crippen molar-refractivity contribution in [2.24, 2.45) is 11.1 Å². The Bertz CT molecular complexity index is 390. The standard InChI is InChI=1S/C16H27ClN2/c1-13(14-8-5-6-9-15(14)17)19(4)11-7-10-16(2,3)12-18/h5-6,8-9,13H,7,10-12,18H2,1-4H3. The summed E-state index contributed by atoms with van der Waals surface area (Å²) in [6.07, 6.45) is 2.32. The van der Waals surface area contributed by atoms with E-state index in [1.165, 1.54) is 5.56 Å². The third kappa shape index (κ3) is 5.13. The van der Waals surface area contributed by atoms with Crippen LogP contribution in [0.15, 0.2) is 24.3 Å². The van der Waals surface area contributed by atoms with Crippen LogP contribution < -0.4 is 5.73 Å². The van der Waals surface area contributed by atoms with Crippen LogP contribution in [0.3, 0.4) is 0 Å². The van der Waals surface area contributed by atoms with Gasteiger partial charge in [0.05, 0.1) is 0 Å². The van der Waals surface area contributed by atoms with Crippen LogP contribution in [0, 0.1) is 5.41 Å². The third-order valence-electron chi connectivity index (χ3n) is 3.93. The average molecular weight is 283 g/mol. The molecule has 1 atom stereocenters. The van der Waals surface area contributed by atoms with Gasteiger partial charge in [-0.3, -0.25) is 4.90 Å². The minimum atomic E-state index is 0.245. The van der Waals surface area contributed by atoms with E-state index in [1.54, 1.807) is 0 Å². The number of nitrogens with two attached hydrogens (primary N) is 1. The fourth-order valence-corrected chi connectivity index (χ4v) is 2.45. The summed E-state index contributed by atoms with van der Waals surface area (Å²) in [6, 6.07) is 8.42. The van der Waals surface area contributed by atoms with Gasteiger partial charge in [0.2, 0.25) is 0 Å². The molecule has 0 amide bonds. The Hall–Kier alpha value is -0.570. The summed E-state index contributed by atoms with van der Waals surface area (Å²) in [5.74, 6) is 0. The molecule has 0 heterocycles. The first-order valence-electron chi connectivity index (χ1n) is 7.02. The van der Waals surface area contributed by atoms with E-state index in [9.17, 15) is 0 Å². The normalized spacial score (nSPS) is 13.8. The molecule has 1 aromatic rings.